The number of hydrogen-bond donors (Lipinski definition) is 2. The molecule has 0 aliphatic rings. The molecule has 3 amide bonds. The highest BCUT2D eigenvalue weighted by Gasteiger charge is 2.08. The second-order valence-electron chi connectivity index (χ2n) is 3.34. The fourth-order valence-corrected chi connectivity index (χ4v) is 1.23. The third-order valence-electron chi connectivity index (χ3n) is 1.89. The molecule has 0 unspecified atom stereocenters. The number of methoxy groups -OCH3 is 1. The predicted octanol–water partition coefficient (Wildman–Crippen LogP) is 1.67. The number of imide groups is 1. The molecule has 0 atom stereocenters. The number of anilines is 1. The number of ether oxygens (including phenoxy) is 1. The van der Waals surface area contributed by atoms with Gasteiger partial charge in [0.25, 0.3) is 0 Å². The van der Waals surface area contributed by atoms with E-state index >= 15 is 0 Å². The first-order valence-corrected chi connectivity index (χ1v) is 4.76. The van der Waals surface area contributed by atoms with Crippen molar-refractivity contribution in [1.82, 2.24) is 5.32 Å². The predicted molar refractivity (Wildman–Crippen MR) is 60.6 cm³/mol. The van der Waals surface area contributed by atoms with Crippen LogP contribution in [0.5, 0.6) is 5.75 Å². The van der Waals surface area contributed by atoms with Crippen molar-refractivity contribution >= 4 is 17.6 Å². The van der Waals surface area contributed by atoms with E-state index in [-0.39, 0.29) is 0 Å². The van der Waals surface area contributed by atoms with Crippen molar-refractivity contribution in [2.45, 2.75) is 13.8 Å². The lowest BCUT2D eigenvalue weighted by atomic mass is 10.2. The first-order valence-electron chi connectivity index (χ1n) is 4.76. The topological polar surface area (TPSA) is 67.4 Å². The summed E-state index contributed by atoms with van der Waals surface area (Å²) < 4.78 is 5.08. The maximum Gasteiger partial charge on any atom is 0.325 e. The van der Waals surface area contributed by atoms with Crippen LogP contribution in [0.15, 0.2) is 18.2 Å². The van der Waals surface area contributed by atoms with Gasteiger partial charge in [-0.15, -0.1) is 0 Å². The molecule has 0 spiro atoms. The molecule has 0 radical (unpaired) electrons. The third kappa shape index (κ3) is 3.27. The van der Waals surface area contributed by atoms with Crippen LogP contribution in [0.3, 0.4) is 0 Å². The Labute approximate surface area is 93.8 Å². The van der Waals surface area contributed by atoms with E-state index in [1.807, 2.05) is 13.0 Å². The van der Waals surface area contributed by atoms with E-state index < -0.39 is 11.9 Å². The molecule has 1 rings (SSSR count). The molecule has 0 aliphatic heterocycles. The number of nitrogens with one attached hydrogen (secondary N) is 2. The summed E-state index contributed by atoms with van der Waals surface area (Å²) in [7, 11) is 1.51. The second kappa shape index (κ2) is 5.16. The van der Waals surface area contributed by atoms with E-state index in [0.717, 1.165) is 5.56 Å². The molecule has 2 N–H and O–H groups in total. The van der Waals surface area contributed by atoms with E-state index in [4.69, 9.17) is 4.74 Å². The fourth-order valence-electron chi connectivity index (χ4n) is 1.23. The highest BCUT2D eigenvalue weighted by Crippen LogP contribution is 2.24. The zero-order valence-electron chi connectivity index (χ0n) is 9.46. The Kier molecular flexibility index (Phi) is 3.88. The number of urea groups is 1. The summed E-state index contributed by atoms with van der Waals surface area (Å²) in [6, 6.07) is 4.81. The lowest BCUT2D eigenvalue weighted by molar-refractivity contribution is -0.117. The van der Waals surface area contributed by atoms with Gasteiger partial charge in [-0.3, -0.25) is 10.1 Å². The summed E-state index contributed by atoms with van der Waals surface area (Å²) in [5.74, 6) is 0.133. The number of carbonyl (C=O) groups excluding carboxylic acids is 2. The van der Waals surface area contributed by atoms with Gasteiger partial charge in [0.2, 0.25) is 5.91 Å². The van der Waals surface area contributed by atoms with Gasteiger partial charge in [-0.2, -0.15) is 0 Å². The number of benzene rings is 1. The Morgan fingerprint density at radius 2 is 2.00 bits per heavy atom. The smallest absolute Gasteiger partial charge is 0.325 e. The number of carbonyl (C=O) groups is 2. The van der Waals surface area contributed by atoms with Gasteiger partial charge < -0.3 is 10.1 Å². The van der Waals surface area contributed by atoms with Crippen molar-refractivity contribution in [3.8, 4) is 5.75 Å². The van der Waals surface area contributed by atoms with Crippen LogP contribution in [0.25, 0.3) is 0 Å². The van der Waals surface area contributed by atoms with Crippen LogP contribution in [0.4, 0.5) is 10.5 Å². The third-order valence-corrected chi connectivity index (χ3v) is 1.89. The number of hydrogen-bond acceptors (Lipinski definition) is 3. The zero-order valence-corrected chi connectivity index (χ0v) is 9.46. The zero-order chi connectivity index (χ0) is 12.1. The molecular weight excluding hydrogens is 208 g/mol. The van der Waals surface area contributed by atoms with Crippen molar-refractivity contribution in [3.63, 3.8) is 0 Å². The first-order chi connectivity index (χ1) is 7.52. The molecule has 0 saturated heterocycles. The highest BCUT2D eigenvalue weighted by atomic mass is 16.5. The molecular formula is C11H14N2O3. The Hall–Kier alpha value is -2.04. The molecule has 5 nitrogen and oxygen atoms in total. The molecule has 0 aliphatic carbocycles. The SMILES string of the molecule is COc1ccc(C)cc1NC(=O)NC(C)=O. The van der Waals surface area contributed by atoms with Crippen LogP contribution >= 0.6 is 0 Å². The summed E-state index contributed by atoms with van der Waals surface area (Å²) in [5.41, 5.74) is 1.51. The maximum atomic E-state index is 11.3. The number of rotatable bonds is 2. The van der Waals surface area contributed by atoms with E-state index in [1.165, 1.54) is 14.0 Å². The van der Waals surface area contributed by atoms with Crippen LogP contribution in [0.1, 0.15) is 12.5 Å². The molecule has 0 aromatic heterocycles. The molecule has 0 fully saturated rings. The van der Waals surface area contributed by atoms with E-state index in [0.29, 0.717) is 11.4 Å². The molecule has 0 heterocycles. The highest BCUT2D eigenvalue weighted by molar-refractivity contribution is 6.01. The molecule has 1 aromatic carbocycles. The molecule has 0 saturated carbocycles. The van der Waals surface area contributed by atoms with E-state index in [9.17, 15) is 9.59 Å². The van der Waals surface area contributed by atoms with Crippen molar-refractivity contribution in [2.24, 2.45) is 0 Å². The summed E-state index contributed by atoms with van der Waals surface area (Å²) in [4.78, 5) is 22.0. The van der Waals surface area contributed by atoms with Gasteiger partial charge in [0, 0.05) is 6.92 Å². The largest absolute Gasteiger partial charge is 0.495 e. The Morgan fingerprint density at radius 3 is 2.56 bits per heavy atom. The quantitative estimate of drug-likeness (QED) is 0.799. The lowest BCUT2D eigenvalue weighted by Crippen LogP contribution is -2.32. The lowest BCUT2D eigenvalue weighted by Gasteiger charge is -2.10. The van der Waals surface area contributed by atoms with Gasteiger partial charge in [-0.05, 0) is 24.6 Å². The second-order valence-corrected chi connectivity index (χ2v) is 3.34. The van der Waals surface area contributed by atoms with Crippen LogP contribution in [0, 0.1) is 6.92 Å². The fraction of sp³-hybridized carbons (Fsp3) is 0.273. The molecule has 1 aromatic rings. The van der Waals surface area contributed by atoms with Crippen LogP contribution in [-0.2, 0) is 4.79 Å². The molecule has 0 bridgehead atoms. The Balaban J connectivity index is 2.83. The Morgan fingerprint density at radius 1 is 1.31 bits per heavy atom. The summed E-state index contributed by atoms with van der Waals surface area (Å²) in [6.07, 6.45) is 0. The van der Waals surface area contributed by atoms with Gasteiger partial charge in [0.1, 0.15) is 5.75 Å². The van der Waals surface area contributed by atoms with E-state index in [1.54, 1.807) is 12.1 Å². The average Bonchev–Trinajstić information content (AvgIpc) is 2.16. The van der Waals surface area contributed by atoms with E-state index in [2.05, 4.69) is 10.6 Å². The number of amides is 3. The van der Waals surface area contributed by atoms with Crippen LogP contribution in [-0.4, -0.2) is 19.0 Å². The van der Waals surface area contributed by atoms with Gasteiger partial charge in [-0.1, -0.05) is 6.07 Å². The Bertz CT molecular complexity index is 416. The van der Waals surface area contributed by atoms with Gasteiger partial charge >= 0.3 is 6.03 Å². The molecule has 5 heteroatoms. The van der Waals surface area contributed by atoms with Gasteiger partial charge in [0.05, 0.1) is 12.8 Å². The minimum atomic E-state index is -0.573. The molecule has 16 heavy (non-hydrogen) atoms. The van der Waals surface area contributed by atoms with Crippen molar-refractivity contribution in [3.05, 3.63) is 23.8 Å². The summed E-state index contributed by atoms with van der Waals surface area (Å²) in [6.45, 7) is 3.17. The number of aryl methyl sites for hydroxylation is 1. The van der Waals surface area contributed by atoms with Gasteiger partial charge in [-0.25, -0.2) is 4.79 Å². The monoisotopic (exact) mass is 222 g/mol. The normalized spacial score (nSPS) is 9.44. The minimum Gasteiger partial charge on any atom is -0.495 e. The van der Waals surface area contributed by atoms with Crippen LogP contribution in [0.2, 0.25) is 0 Å². The first kappa shape index (κ1) is 12.0. The standard InChI is InChI=1S/C11H14N2O3/c1-7-4-5-10(16-3)9(6-7)13-11(15)12-8(2)14/h4-6H,1-3H3,(H2,12,13,14,15). The van der Waals surface area contributed by atoms with Crippen LogP contribution < -0.4 is 15.4 Å². The van der Waals surface area contributed by atoms with Crippen molar-refractivity contribution in [2.75, 3.05) is 12.4 Å². The maximum absolute atomic E-state index is 11.3. The average molecular weight is 222 g/mol. The van der Waals surface area contributed by atoms with Gasteiger partial charge in [0.15, 0.2) is 0 Å². The summed E-state index contributed by atoms with van der Waals surface area (Å²) in [5, 5.41) is 4.66. The summed E-state index contributed by atoms with van der Waals surface area (Å²) >= 11 is 0. The van der Waals surface area contributed by atoms with Crippen molar-refractivity contribution < 1.29 is 14.3 Å². The van der Waals surface area contributed by atoms with Crippen molar-refractivity contribution in [1.29, 1.82) is 0 Å². The minimum absolute atomic E-state index is 0.413. The molecule has 86 valence electrons.